The van der Waals surface area contributed by atoms with Crippen LogP contribution in [0.25, 0.3) is 0 Å². The summed E-state index contributed by atoms with van der Waals surface area (Å²) < 4.78 is 52.3. The van der Waals surface area contributed by atoms with Gasteiger partial charge in [0, 0.05) is 28.9 Å². The minimum absolute atomic E-state index is 0.0120. The van der Waals surface area contributed by atoms with Crippen LogP contribution in [-0.2, 0) is 19.9 Å². The molecule has 0 aliphatic carbocycles. The first-order chi connectivity index (χ1) is 14.9. The third-order valence-electron chi connectivity index (χ3n) is 5.61. The predicted molar refractivity (Wildman–Crippen MR) is 131 cm³/mol. The Labute approximate surface area is 205 Å². The number of benzene rings is 2. The van der Waals surface area contributed by atoms with E-state index in [9.17, 15) is 16.8 Å². The fourth-order valence-electron chi connectivity index (χ4n) is 4.06. The van der Waals surface area contributed by atoms with Gasteiger partial charge in [-0.3, -0.25) is 9.21 Å². The van der Waals surface area contributed by atoms with E-state index >= 15 is 0 Å². The molecule has 0 N–H and O–H groups in total. The molecule has 0 saturated carbocycles. The van der Waals surface area contributed by atoms with Gasteiger partial charge < -0.3 is 0 Å². The van der Waals surface area contributed by atoms with Crippen molar-refractivity contribution in [1.29, 1.82) is 0 Å². The number of hydrogen-bond acceptors (Lipinski definition) is 5. The molecule has 6 nitrogen and oxygen atoms in total. The molecule has 2 aromatic rings. The second-order valence-corrected chi connectivity index (χ2v) is 13.3. The summed E-state index contributed by atoms with van der Waals surface area (Å²) in [6.07, 6.45) is 2.77. The third kappa shape index (κ3) is 5.90. The van der Waals surface area contributed by atoms with Gasteiger partial charge in [0.25, 0.3) is 10.0 Å². The van der Waals surface area contributed by atoms with Crippen LogP contribution in [-0.4, -0.2) is 58.9 Å². The van der Waals surface area contributed by atoms with E-state index in [-0.39, 0.29) is 27.4 Å². The molecule has 1 aliphatic heterocycles. The fourth-order valence-corrected chi connectivity index (χ4v) is 6.87. The number of likely N-dealkylation sites (tertiary alicyclic amines) is 1. The van der Waals surface area contributed by atoms with Gasteiger partial charge in [-0.2, -0.15) is 0 Å². The quantitative estimate of drug-likeness (QED) is 0.484. The van der Waals surface area contributed by atoms with Crippen LogP contribution in [0.1, 0.15) is 19.8 Å². The molecule has 1 aliphatic rings. The van der Waals surface area contributed by atoms with E-state index in [0.717, 1.165) is 12.8 Å². The van der Waals surface area contributed by atoms with E-state index in [0.29, 0.717) is 23.1 Å². The van der Waals surface area contributed by atoms with Gasteiger partial charge in [-0.15, -0.1) is 0 Å². The predicted octanol–water partition coefficient (Wildman–Crippen LogP) is 4.74. The smallest absolute Gasteiger partial charge is 0.264 e. The van der Waals surface area contributed by atoms with E-state index in [2.05, 4.69) is 0 Å². The lowest BCUT2D eigenvalue weighted by atomic mass is 10.1. The van der Waals surface area contributed by atoms with Crippen LogP contribution in [0.4, 0.5) is 5.69 Å². The molecular formula is C21H25Cl3N2O4S2. The summed E-state index contributed by atoms with van der Waals surface area (Å²) in [5.74, 6) is 0.0120. The zero-order chi connectivity index (χ0) is 23.7. The van der Waals surface area contributed by atoms with Crippen LogP contribution in [0.3, 0.4) is 0 Å². The molecular weight excluding hydrogens is 515 g/mol. The van der Waals surface area contributed by atoms with Crippen molar-refractivity contribution in [3.63, 3.8) is 0 Å². The van der Waals surface area contributed by atoms with Crippen LogP contribution in [0.15, 0.2) is 47.4 Å². The molecule has 1 fully saturated rings. The number of nitrogens with zero attached hydrogens (tertiary/aromatic N) is 2. The van der Waals surface area contributed by atoms with Gasteiger partial charge in [-0.1, -0.05) is 34.8 Å². The van der Waals surface area contributed by atoms with E-state index < -0.39 is 25.9 Å². The Balaban J connectivity index is 2.06. The minimum atomic E-state index is -4.03. The van der Waals surface area contributed by atoms with Crippen LogP contribution in [0.5, 0.6) is 0 Å². The molecule has 2 atom stereocenters. The molecule has 0 aromatic heterocycles. The maximum Gasteiger partial charge on any atom is 0.264 e. The Kier molecular flexibility index (Phi) is 8.06. The highest BCUT2D eigenvalue weighted by Crippen LogP contribution is 2.37. The second kappa shape index (κ2) is 10.1. The minimum Gasteiger partial charge on any atom is -0.297 e. The normalized spacial score (nSPS) is 18.6. The summed E-state index contributed by atoms with van der Waals surface area (Å²) in [4.78, 5) is 2.11. The number of rotatable bonds is 8. The molecule has 176 valence electrons. The maximum absolute atomic E-state index is 13.8. The maximum atomic E-state index is 13.8. The summed E-state index contributed by atoms with van der Waals surface area (Å²) >= 11 is 18.6. The van der Waals surface area contributed by atoms with Crippen LogP contribution in [0.2, 0.25) is 15.1 Å². The van der Waals surface area contributed by atoms with Crippen molar-refractivity contribution in [2.24, 2.45) is 0 Å². The van der Waals surface area contributed by atoms with Gasteiger partial charge >= 0.3 is 0 Å². The summed E-state index contributed by atoms with van der Waals surface area (Å²) in [6.45, 7) is 2.85. The Bertz CT molecular complexity index is 1170. The Morgan fingerprint density at radius 3 is 2.28 bits per heavy atom. The summed E-state index contributed by atoms with van der Waals surface area (Å²) in [5, 5.41) is 1.03. The monoisotopic (exact) mass is 538 g/mol. The van der Waals surface area contributed by atoms with Crippen LogP contribution >= 0.6 is 34.8 Å². The van der Waals surface area contributed by atoms with Crippen molar-refractivity contribution >= 4 is 60.4 Å². The molecule has 0 bridgehead atoms. The number of halogens is 3. The van der Waals surface area contributed by atoms with Gasteiger partial charge in [-0.25, -0.2) is 16.8 Å². The number of hydrogen-bond donors (Lipinski definition) is 0. The highest BCUT2D eigenvalue weighted by molar-refractivity contribution is 7.93. The molecule has 0 amide bonds. The van der Waals surface area contributed by atoms with Crippen molar-refractivity contribution in [1.82, 2.24) is 4.90 Å². The lowest BCUT2D eigenvalue weighted by Crippen LogP contribution is -2.51. The Hall–Kier alpha value is -1.03. The average molecular weight is 540 g/mol. The second-order valence-electron chi connectivity index (χ2n) is 7.97. The molecule has 0 radical (unpaired) electrons. The fraction of sp³-hybridized carbons (Fsp3) is 0.429. The molecule has 11 heteroatoms. The molecule has 32 heavy (non-hydrogen) atoms. The highest BCUT2D eigenvalue weighted by atomic mass is 35.5. The number of anilines is 1. The SMILES string of the molecule is CC([C@@H]1CCCN1CCS(C)(=O)=O)N(c1cc(Cl)ccc1Cl)S(=O)(=O)c1ccc(Cl)cc1. The lowest BCUT2D eigenvalue weighted by molar-refractivity contribution is 0.244. The molecule has 1 heterocycles. The zero-order valence-electron chi connectivity index (χ0n) is 17.7. The molecule has 1 saturated heterocycles. The van der Waals surface area contributed by atoms with Crippen molar-refractivity contribution in [2.75, 3.05) is 29.4 Å². The third-order valence-corrected chi connectivity index (χ3v) is 9.25. The molecule has 3 rings (SSSR count). The Morgan fingerprint density at radius 2 is 1.66 bits per heavy atom. The average Bonchev–Trinajstić information content (AvgIpc) is 3.17. The number of sulfonamides is 1. The van der Waals surface area contributed by atoms with E-state index in [1.165, 1.54) is 40.9 Å². The van der Waals surface area contributed by atoms with Crippen molar-refractivity contribution < 1.29 is 16.8 Å². The van der Waals surface area contributed by atoms with Crippen molar-refractivity contribution in [2.45, 2.75) is 36.7 Å². The lowest BCUT2D eigenvalue weighted by Gasteiger charge is -2.38. The van der Waals surface area contributed by atoms with Crippen molar-refractivity contribution in [3.05, 3.63) is 57.5 Å². The summed E-state index contributed by atoms with van der Waals surface area (Å²) in [7, 11) is -7.17. The molecule has 2 aromatic carbocycles. The molecule has 1 unspecified atom stereocenters. The summed E-state index contributed by atoms with van der Waals surface area (Å²) in [6, 6.07) is 9.91. The van der Waals surface area contributed by atoms with Crippen LogP contribution in [0, 0.1) is 0 Å². The Morgan fingerprint density at radius 1 is 1.03 bits per heavy atom. The first-order valence-electron chi connectivity index (χ1n) is 10.1. The van der Waals surface area contributed by atoms with Gasteiger partial charge in [0.2, 0.25) is 0 Å². The van der Waals surface area contributed by atoms with E-state index in [1.807, 2.05) is 11.8 Å². The van der Waals surface area contributed by atoms with E-state index in [1.54, 1.807) is 12.1 Å². The van der Waals surface area contributed by atoms with Crippen molar-refractivity contribution in [3.8, 4) is 0 Å². The molecule has 0 spiro atoms. The highest BCUT2D eigenvalue weighted by Gasteiger charge is 2.39. The van der Waals surface area contributed by atoms with Gasteiger partial charge in [0.1, 0.15) is 9.84 Å². The standard InChI is InChI=1S/C21H25Cl3N2O4S2/c1-15(20-4-3-11-25(20)12-13-31(2,27)28)26(21-14-17(23)7-10-19(21)24)32(29,30)18-8-5-16(22)6-9-18/h5-10,14-15,20H,3-4,11-13H2,1-2H3/t15?,20-/m0/s1. The van der Waals surface area contributed by atoms with E-state index in [4.69, 9.17) is 34.8 Å². The van der Waals surface area contributed by atoms with Gasteiger partial charge in [0.15, 0.2) is 0 Å². The van der Waals surface area contributed by atoms with Gasteiger partial charge in [-0.05, 0) is 68.8 Å². The van der Waals surface area contributed by atoms with Gasteiger partial charge in [0.05, 0.1) is 27.4 Å². The zero-order valence-corrected chi connectivity index (χ0v) is 21.6. The number of sulfone groups is 1. The topological polar surface area (TPSA) is 74.8 Å². The first kappa shape index (κ1) is 25.6. The van der Waals surface area contributed by atoms with Crippen LogP contribution < -0.4 is 4.31 Å². The summed E-state index contributed by atoms with van der Waals surface area (Å²) in [5.41, 5.74) is 0.275. The first-order valence-corrected chi connectivity index (χ1v) is 14.7. The largest absolute Gasteiger partial charge is 0.297 e.